The molecule has 1 atom stereocenters. The van der Waals surface area contributed by atoms with Crippen molar-refractivity contribution >= 4 is 5.97 Å². The molecule has 0 saturated carbocycles. The smallest absolute Gasteiger partial charge is 0.333 e. The van der Waals surface area contributed by atoms with Crippen LogP contribution in [0.5, 0.6) is 0 Å². The van der Waals surface area contributed by atoms with Crippen LogP contribution in [-0.2, 0) is 9.53 Å². The molecule has 0 spiro atoms. The van der Waals surface area contributed by atoms with E-state index in [2.05, 4.69) is 0 Å². The van der Waals surface area contributed by atoms with Crippen LogP contribution >= 0.6 is 0 Å². The third kappa shape index (κ3) is 5.54. The molecule has 0 amide bonds. The first-order valence-corrected chi connectivity index (χ1v) is 5.32. The number of hydrogen-bond donors (Lipinski definition) is 2. The van der Waals surface area contributed by atoms with E-state index < -0.39 is 6.23 Å². The van der Waals surface area contributed by atoms with E-state index in [4.69, 9.17) is 15.6 Å². The zero-order valence-electron chi connectivity index (χ0n) is 9.75. The highest BCUT2D eigenvalue weighted by molar-refractivity contribution is 5.88. The Labute approximate surface area is 91.1 Å². The summed E-state index contributed by atoms with van der Waals surface area (Å²) < 4.78 is 4.90. The molecule has 0 rings (SSSR count). The highest BCUT2D eigenvalue weighted by Crippen LogP contribution is 2.16. The summed E-state index contributed by atoms with van der Waals surface area (Å²) in [6.07, 6.45) is 1.07. The van der Waals surface area contributed by atoms with E-state index in [9.17, 15) is 4.79 Å². The number of hydrogen-bond acceptors (Lipinski definition) is 4. The van der Waals surface area contributed by atoms with Crippen LogP contribution in [0.3, 0.4) is 0 Å². The van der Waals surface area contributed by atoms with Crippen molar-refractivity contribution in [3.8, 4) is 0 Å². The summed E-state index contributed by atoms with van der Waals surface area (Å²) >= 11 is 0. The number of carbonyl (C=O) groups excluding carboxylic acids is 1. The summed E-state index contributed by atoms with van der Waals surface area (Å²) in [5, 5.41) is 8.96. The topological polar surface area (TPSA) is 72.5 Å². The maximum Gasteiger partial charge on any atom is 0.333 e. The number of esters is 1. The van der Waals surface area contributed by atoms with E-state index in [0.29, 0.717) is 25.0 Å². The molecule has 0 fully saturated rings. The van der Waals surface area contributed by atoms with Crippen LogP contribution in [0.1, 0.15) is 40.0 Å². The number of rotatable bonds is 6. The summed E-state index contributed by atoms with van der Waals surface area (Å²) in [5.41, 5.74) is 6.88. The number of carbonyl (C=O) groups is 1. The summed E-state index contributed by atoms with van der Waals surface area (Å²) in [6.45, 7) is 5.88. The van der Waals surface area contributed by atoms with Crippen LogP contribution in [0.15, 0.2) is 11.1 Å². The first-order chi connectivity index (χ1) is 7.02. The molecule has 15 heavy (non-hydrogen) atoms. The molecule has 0 aliphatic carbocycles. The average Bonchev–Trinajstić information content (AvgIpc) is 2.18. The third-order valence-corrected chi connectivity index (χ3v) is 2.28. The molecular formula is C11H21NO3. The van der Waals surface area contributed by atoms with Crippen molar-refractivity contribution in [3.63, 3.8) is 0 Å². The van der Waals surface area contributed by atoms with Gasteiger partial charge in [0.1, 0.15) is 6.23 Å². The van der Waals surface area contributed by atoms with Gasteiger partial charge in [0, 0.05) is 5.57 Å². The summed E-state index contributed by atoms with van der Waals surface area (Å²) in [6, 6.07) is 0. The maximum absolute atomic E-state index is 11.4. The molecule has 0 aromatic heterocycles. The molecule has 3 N–H and O–H groups in total. The minimum absolute atomic E-state index is 0.277. The van der Waals surface area contributed by atoms with Crippen molar-refractivity contribution in [3.05, 3.63) is 11.1 Å². The third-order valence-electron chi connectivity index (χ3n) is 2.28. The fourth-order valence-electron chi connectivity index (χ4n) is 1.34. The molecule has 1 unspecified atom stereocenters. The molecule has 0 aliphatic heterocycles. The second kappa shape index (κ2) is 7.43. The second-order valence-corrected chi connectivity index (χ2v) is 3.41. The van der Waals surface area contributed by atoms with Gasteiger partial charge in [0.05, 0.1) is 6.61 Å². The van der Waals surface area contributed by atoms with Crippen molar-refractivity contribution < 1.29 is 14.6 Å². The maximum atomic E-state index is 11.4. The van der Waals surface area contributed by atoms with Crippen LogP contribution in [0, 0.1) is 0 Å². The van der Waals surface area contributed by atoms with Crippen molar-refractivity contribution in [2.24, 2.45) is 5.73 Å². The van der Waals surface area contributed by atoms with Gasteiger partial charge in [-0.1, -0.05) is 12.5 Å². The van der Waals surface area contributed by atoms with Gasteiger partial charge in [0.2, 0.25) is 0 Å². The lowest BCUT2D eigenvalue weighted by Crippen LogP contribution is -2.18. The van der Waals surface area contributed by atoms with Gasteiger partial charge in [-0.3, -0.25) is 0 Å². The fourth-order valence-corrected chi connectivity index (χ4v) is 1.34. The molecule has 4 heteroatoms. The molecule has 4 nitrogen and oxygen atoms in total. The molecule has 0 aliphatic rings. The molecule has 0 radical (unpaired) electrons. The lowest BCUT2D eigenvalue weighted by molar-refractivity contribution is -0.138. The van der Waals surface area contributed by atoms with Crippen molar-refractivity contribution in [2.45, 2.75) is 46.3 Å². The van der Waals surface area contributed by atoms with Gasteiger partial charge < -0.3 is 15.6 Å². The fraction of sp³-hybridized carbons (Fsp3) is 0.727. The molecule has 0 saturated heterocycles. The Morgan fingerprint density at radius 1 is 1.47 bits per heavy atom. The van der Waals surface area contributed by atoms with Gasteiger partial charge in [-0.05, 0) is 33.1 Å². The SMILES string of the molecule is CCOC(=O)C(C)=C(CC)CCC(N)O. The van der Waals surface area contributed by atoms with Gasteiger partial charge in [0.15, 0.2) is 0 Å². The van der Waals surface area contributed by atoms with Crippen molar-refractivity contribution in [2.75, 3.05) is 6.61 Å². The van der Waals surface area contributed by atoms with E-state index in [1.165, 1.54) is 0 Å². The Kier molecular flexibility index (Phi) is 6.99. The van der Waals surface area contributed by atoms with Crippen LogP contribution in [0.25, 0.3) is 0 Å². The van der Waals surface area contributed by atoms with Crippen LogP contribution < -0.4 is 5.73 Å². The highest BCUT2D eigenvalue weighted by Gasteiger charge is 2.11. The van der Waals surface area contributed by atoms with E-state index in [1.807, 2.05) is 6.92 Å². The number of aliphatic hydroxyl groups is 1. The molecular weight excluding hydrogens is 194 g/mol. The number of aliphatic hydroxyl groups excluding tert-OH is 1. The Hall–Kier alpha value is -0.870. The van der Waals surface area contributed by atoms with Crippen LogP contribution in [0.2, 0.25) is 0 Å². The Bertz CT molecular complexity index is 234. The van der Waals surface area contributed by atoms with E-state index in [1.54, 1.807) is 13.8 Å². The molecule has 0 bridgehead atoms. The number of nitrogens with two attached hydrogens (primary N) is 1. The lowest BCUT2D eigenvalue weighted by atomic mass is 10.0. The predicted octanol–water partition coefficient (Wildman–Crippen LogP) is 1.33. The summed E-state index contributed by atoms with van der Waals surface area (Å²) in [7, 11) is 0. The Balaban J connectivity index is 4.44. The van der Waals surface area contributed by atoms with Crippen LogP contribution in [0.4, 0.5) is 0 Å². The first kappa shape index (κ1) is 14.1. The van der Waals surface area contributed by atoms with Gasteiger partial charge in [-0.25, -0.2) is 4.79 Å². The zero-order chi connectivity index (χ0) is 11.8. The van der Waals surface area contributed by atoms with E-state index >= 15 is 0 Å². The standard InChI is InChI=1S/C11H21NO3/c1-4-9(6-7-10(12)13)8(3)11(14)15-5-2/h10,13H,4-7,12H2,1-3H3. The summed E-state index contributed by atoms with van der Waals surface area (Å²) in [4.78, 5) is 11.4. The van der Waals surface area contributed by atoms with Crippen LogP contribution in [-0.4, -0.2) is 23.9 Å². The largest absolute Gasteiger partial charge is 0.463 e. The average molecular weight is 215 g/mol. The van der Waals surface area contributed by atoms with Crippen molar-refractivity contribution in [1.29, 1.82) is 0 Å². The molecule has 0 heterocycles. The Morgan fingerprint density at radius 2 is 2.07 bits per heavy atom. The number of ether oxygens (including phenoxy) is 1. The van der Waals surface area contributed by atoms with Gasteiger partial charge >= 0.3 is 5.97 Å². The quantitative estimate of drug-likeness (QED) is 0.398. The van der Waals surface area contributed by atoms with Gasteiger partial charge in [0.25, 0.3) is 0 Å². The highest BCUT2D eigenvalue weighted by atomic mass is 16.5. The molecule has 88 valence electrons. The molecule has 0 aromatic rings. The number of allylic oxidation sites excluding steroid dienone is 1. The monoisotopic (exact) mass is 215 g/mol. The Morgan fingerprint density at radius 3 is 2.47 bits per heavy atom. The second-order valence-electron chi connectivity index (χ2n) is 3.41. The summed E-state index contributed by atoms with van der Waals surface area (Å²) in [5.74, 6) is -0.277. The minimum atomic E-state index is -0.818. The van der Waals surface area contributed by atoms with Gasteiger partial charge in [-0.2, -0.15) is 0 Å². The lowest BCUT2D eigenvalue weighted by Gasteiger charge is -2.10. The molecule has 0 aromatic carbocycles. The predicted molar refractivity (Wildman–Crippen MR) is 59.1 cm³/mol. The van der Waals surface area contributed by atoms with Gasteiger partial charge in [-0.15, -0.1) is 0 Å². The van der Waals surface area contributed by atoms with Crippen molar-refractivity contribution in [1.82, 2.24) is 0 Å². The van der Waals surface area contributed by atoms with E-state index in [-0.39, 0.29) is 5.97 Å². The zero-order valence-corrected chi connectivity index (χ0v) is 9.75. The first-order valence-electron chi connectivity index (χ1n) is 5.32. The minimum Gasteiger partial charge on any atom is -0.463 e. The normalized spacial score (nSPS) is 14.5. The van der Waals surface area contributed by atoms with E-state index in [0.717, 1.165) is 12.0 Å².